The monoisotopic (exact) mass is 534 g/mol. The number of aliphatic imine (C=N–C) groups is 1. The van der Waals surface area contributed by atoms with Crippen LogP contribution in [-0.4, -0.2) is 63.4 Å². The summed E-state index contributed by atoms with van der Waals surface area (Å²) in [5.41, 5.74) is 0. The molecule has 0 aliphatic carbocycles. The summed E-state index contributed by atoms with van der Waals surface area (Å²) in [7, 11) is -1.52. The third kappa shape index (κ3) is 6.30. The molecular formula is C21H35IN4O2S. The van der Waals surface area contributed by atoms with E-state index < -0.39 is 10.0 Å². The van der Waals surface area contributed by atoms with Gasteiger partial charge in [-0.15, -0.1) is 24.0 Å². The second kappa shape index (κ2) is 10.9. The van der Waals surface area contributed by atoms with E-state index in [1.807, 2.05) is 13.1 Å². The number of hydrogen-bond acceptors (Lipinski definition) is 3. The van der Waals surface area contributed by atoms with Crippen molar-refractivity contribution in [1.29, 1.82) is 0 Å². The zero-order valence-electron chi connectivity index (χ0n) is 17.8. The molecule has 2 atom stereocenters. The molecule has 6 nitrogen and oxygen atoms in total. The number of guanidine groups is 1. The van der Waals surface area contributed by atoms with Crippen LogP contribution in [0.15, 0.2) is 40.2 Å². The van der Waals surface area contributed by atoms with E-state index in [9.17, 15) is 8.42 Å². The van der Waals surface area contributed by atoms with E-state index in [1.165, 1.54) is 6.42 Å². The average Bonchev–Trinajstić information content (AvgIpc) is 2.69. The van der Waals surface area contributed by atoms with Crippen LogP contribution in [0.5, 0.6) is 0 Å². The summed E-state index contributed by atoms with van der Waals surface area (Å²) in [6, 6.07) is 8.74. The van der Waals surface area contributed by atoms with Gasteiger partial charge in [-0.2, -0.15) is 4.31 Å². The van der Waals surface area contributed by atoms with Crippen LogP contribution in [0.3, 0.4) is 0 Å². The number of likely N-dealkylation sites (tertiary alicyclic amines) is 1. The fourth-order valence-corrected chi connectivity index (χ4v) is 5.99. The van der Waals surface area contributed by atoms with Gasteiger partial charge >= 0.3 is 0 Å². The summed E-state index contributed by atoms with van der Waals surface area (Å²) in [5, 5.41) is 3.54. The maximum absolute atomic E-state index is 12.8. The van der Waals surface area contributed by atoms with Crippen molar-refractivity contribution >= 4 is 40.0 Å². The van der Waals surface area contributed by atoms with Crippen molar-refractivity contribution in [3.05, 3.63) is 30.3 Å². The molecule has 0 radical (unpaired) electrons. The highest BCUT2D eigenvalue weighted by Gasteiger charge is 2.30. The number of sulfonamides is 1. The highest BCUT2D eigenvalue weighted by atomic mass is 127. The van der Waals surface area contributed by atoms with Gasteiger partial charge in [0, 0.05) is 39.8 Å². The first-order valence-corrected chi connectivity index (χ1v) is 11.8. The standard InChI is InChI=1S/C21H34N4O2S.HI/c1-17-13-18(2)16-24(15-17)21(22-3)23-14-19-9-11-25(12-10-19)28(26,27)20-7-5-4-6-8-20;/h4-8,17-19H,9-16H2,1-3H3,(H,22,23);1H. The highest BCUT2D eigenvalue weighted by Crippen LogP contribution is 2.24. The molecule has 0 bridgehead atoms. The van der Waals surface area contributed by atoms with Crippen LogP contribution in [0.25, 0.3) is 0 Å². The smallest absolute Gasteiger partial charge is 0.243 e. The molecule has 2 fully saturated rings. The van der Waals surface area contributed by atoms with Crippen LogP contribution in [0.4, 0.5) is 0 Å². The van der Waals surface area contributed by atoms with E-state index in [0.29, 0.717) is 35.7 Å². The number of nitrogens with zero attached hydrogens (tertiary/aromatic N) is 3. The van der Waals surface area contributed by atoms with E-state index in [-0.39, 0.29) is 24.0 Å². The first-order chi connectivity index (χ1) is 13.4. The first-order valence-electron chi connectivity index (χ1n) is 10.4. The Kier molecular flexibility index (Phi) is 9.21. The molecule has 0 aromatic heterocycles. The van der Waals surface area contributed by atoms with E-state index >= 15 is 0 Å². The van der Waals surface area contributed by atoms with Gasteiger partial charge in [0.15, 0.2) is 5.96 Å². The largest absolute Gasteiger partial charge is 0.356 e. The number of rotatable bonds is 4. The molecule has 1 aromatic rings. The average molecular weight is 535 g/mol. The van der Waals surface area contributed by atoms with Crippen molar-refractivity contribution in [2.24, 2.45) is 22.7 Å². The molecule has 8 heteroatoms. The minimum Gasteiger partial charge on any atom is -0.356 e. The lowest BCUT2D eigenvalue weighted by Gasteiger charge is -2.38. The Bertz CT molecular complexity index is 754. The number of nitrogens with one attached hydrogen (secondary N) is 1. The molecule has 3 rings (SSSR count). The Hall–Kier alpha value is -0.870. The van der Waals surface area contributed by atoms with Crippen LogP contribution in [-0.2, 0) is 10.0 Å². The first kappa shape index (κ1) is 24.4. The zero-order valence-corrected chi connectivity index (χ0v) is 20.9. The summed E-state index contributed by atoms with van der Waals surface area (Å²) in [6.45, 7) is 8.73. The maximum Gasteiger partial charge on any atom is 0.243 e. The molecule has 29 heavy (non-hydrogen) atoms. The molecule has 0 spiro atoms. The Morgan fingerprint density at radius 2 is 1.69 bits per heavy atom. The van der Waals surface area contributed by atoms with Gasteiger partial charge in [-0.1, -0.05) is 32.0 Å². The normalized spacial score (nSPS) is 24.8. The highest BCUT2D eigenvalue weighted by molar-refractivity contribution is 14.0. The number of benzene rings is 1. The fraction of sp³-hybridized carbons (Fsp3) is 0.667. The molecule has 2 aliphatic heterocycles. The van der Waals surface area contributed by atoms with E-state index in [0.717, 1.165) is 38.4 Å². The molecule has 2 unspecified atom stereocenters. The van der Waals surface area contributed by atoms with E-state index in [1.54, 1.807) is 28.6 Å². The lowest BCUT2D eigenvalue weighted by atomic mass is 9.92. The van der Waals surface area contributed by atoms with Crippen molar-refractivity contribution in [1.82, 2.24) is 14.5 Å². The topological polar surface area (TPSA) is 65.0 Å². The van der Waals surface area contributed by atoms with Crippen molar-refractivity contribution in [3.8, 4) is 0 Å². The lowest BCUT2D eigenvalue weighted by Crippen LogP contribution is -2.50. The predicted molar refractivity (Wildman–Crippen MR) is 129 cm³/mol. The third-order valence-electron chi connectivity index (χ3n) is 5.88. The molecule has 2 saturated heterocycles. The zero-order chi connectivity index (χ0) is 20.1. The van der Waals surface area contributed by atoms with Crippen LogP contribution >= 0.6 is 24.0 Å². The van der Waals surface area contributed by atoms with Crippen LogP contribution in [0.2, 0.25) is 0 Å². The number of hydrogen-bond donors (Lipinski definition) is 1. The molecule has 1 aromatic carbocycles. The van der Waals surface area contributed by atoms with Crippen LogP contribution in [0.1, 0.15) is 33.1 Å². The Balaban J connectivity index is 0.00000300. The van der Waals surface area contributed by atoms with Gasteiger partial charge in [-0.25, -0.2) is 8.42 Å². The summed E-state index contributed by atoms with van der Waals surface area (Å²) in [5.74, 6) is 2.83. The molecule has 164 valence electrons. The van der Waals surface area contributed by atoms with Crippen molar-refractivity contribution in [3.63, 3.8) is 0 Å². The van der Waals surface area contributed by atoms with E-state index in [2.05, 4.69) is 29.1 Å². The second-order valence-electron chi connectivity index (χ2n) is 8.44. The summed E-state index contributed by atoms with van der Waals surface area (Å²) in [4.78, 5) is 7.24. The predicted octanol–water partition coefficient (Wildman–Crippen LogP) is 3.26. The van der Waals surface area contributed by atoms with Gasteiger partial charge < -0.3 is 10.2 Å². The molecule has 0 saturated carbocycles. The molecule has 2 aliphatic rings. The minimum atomic E-state index is -3.37. The Morgan fingerprint density at radius 1 is 1.10 bits per heavy atom. The number of halogens is 1. The van der Waals surface area contributed by atoms with Crippen LogP contribution in [0, 0.1) is 17.8 Å². The van der Waals surface area contributed by atoms with Gasteiger partial charge in [0.1, 0.15) is 0 Å². The SMILES string of the molecule is CN=C(NCC1CCN(S(=O)(=O)c2ccccc2)CC1)N1CC(C)CC(C)C1.I. The Morgan fingerprint density at radius 3 is 2.24 bits per heavy atom. The second-order valence-corrected chi connectivity index (χ2v) is 10.4. The quantitative estimate of drug-likeness (QED) is 0.366. The van der Waals surface area contributed by atoms with Crippen LogP contribution < -0.4 is 5.32 Å². The van der Waals surface area contributed by atoms with Crippen molar-refractivity contribution in [2.75, 3.05) is 39.8 Å². The van der Waals surface area contributed by atoms with Gasteiger partial charge in [-0.05, 0) is 49.1 Å². The third-order valence-corrected chi connectivity index (χ3v) is 7.80. The van der Waals surface area contributed by atoms with Crippen molar-refractivity contribution in [2.45, 2.75) is 38.0 Å². The van der Waals surface area contributed by atoms with Gasteiger partial charge in [0.2, 0.25) is 10.0 Å². The van der Waals surface area contributed by atoms with Gasteiger partial charge in [0.25, 0.3) is 0 Å². The molecule has 1 N–H and O–H groups in total. The fourth-order valence-electron chi connectivity index (χ4n) is 4.50. The number of piperidine rings is 2. The summed E-state index contributed by atoms with van der Waals surface area (Å²) >= 11 is 0. The minimum absolute atomic E-state index is 0. The summed E-state index contributed by atoms with van der Waals surface area (Å²) < 4.78 is 27.1. The molecular weight excluding hydrogens is 499 g/mol. The van der Waals surface area contributed by atoms with Gasteiger partial charge in [0.05, 0.1) is 4.90 Å². The summed E-state index contributed by atoms with van der Waals surface area (Å²) in [6.07, 6.45) is 3.04. The maximum atomic E-state index is 12.8. The molecule has 0 amide bonds. The molecule has 2 heterocycles. The van der Waals surface area contributed by atoms with Gasteiger partial charge in [-0.3, -0.25) is 4.99 Å². The van der Waals surface area contributed by atoms with Crippen molar-refractivity contribution < 1.29 is 8.42 Å². The van der Waals surface area contributed by atoms with E-state index in [4.69, 9.17) is 0 Å². The lowest BCUT2D eigenvalue weighted by molar-refractivity contribution is 0.206. The Labute approximate surface area is 193 Å².